The van der Waals surface area contributed by atoms with Crippen molar-refractivity contribution < 1.29 is 22.7 Å². The maximum absolute atomic E-state index is 13.7. The number of hydrogen-bond donors (Lipinski definition) is 2. The molecule has 0 fully saturated rings. The molecule has 0 saturated carbocycles. The zero-order valence-corrected chi connectivity index (χ0v) is 21.1. The first kappa shape index (κ1) is 25.7. The summed E-state index contributed by atoms with van der Waals surface area (Å²) in [6.07, 6.45) is 1.39. The molecule has 1 amide bonds. The van der Waals surface area contributed by atoms with Crippen LogP contribution in [0.4, 0.5) is 5.69 Å². The number of rotatable bonds is 11. The van der Waals surface area contributed by atoms with Crippen molar-refractivity contribution in [1.29, 1.82) is 0 Å². The zero-order valence-electron chi connectivity index (χ0n) is 18.7. The summed E-state index contributed by atoms with van der Waals surface area (Å²) in [6.45, 7) is 1.61. The molecule has 2 aromatic carbocycles. The largest absolute Gasteiger partial charge is 0.495 e. The van der Waals surface area contributed by atoms with Gasteiger partial charge in [-0.05, 0) is 42.8 Å². The number of halogens is 1. The Hall–Kier alpha value is -2.96. The SMILES string of the molecule is COc1ccc(N(CC(=O)NCCSc2ncn[nH]2)S(=O)(=O)c2cc(C)ccc2OC)cc1Cl. The predicted octanol–water partition coefficient (Wildman–Crippen LogP) is 2.89. The molecule has 0 atom stereocenters. The minimum Gasteiger partial charge on any atom is -0.495 e. The summed E-state index contributed by atoms with van der Waals surface area (Å²) in [6, 6.07) is 9.32. The van der Waals surface area contributed by atoms with Gasteiger partial charge in [0.05, 0.1) is 24.9 Å². The second-order valence-corrected chi connectivity index (χ2v) is 10.3. The number of aromatic nitrogens is 3. The maximum atomic E-state index is 13.7. The average Bonchev–Trinajstić information content (AvgIpc) is 3.33. The monoisotopic (exact) mass is 525 g/mol. The highest BCUT2D eigenvalue weighted by molar-refractivity contribution is 7.99. The van der Waals surface area contributed by atoms with E-state index in [1.807, 2.05) is 0 Å². The third-order valence-electron chi connectivity index (χ3n) is 4.65. The van der Waals surface area contributed by atoms with Crippen LogP contribution in [0.5, 0.6) is 11.5 Å². The van der Waals surface area contributed by atoms with Crippen molar-refractivity contribution >= 4 is 45.0 Å². The Morgan fingerprint density at radius 2 is 1.91 bits per heavy atom. The molecule has 0 aliphatic rings. The first-order chi connectivity index (χ1) is 16.3. The van der Waals surface area contributed by atoms with Gasteiger partial charge in [-0.25, -0.2) is 13.4 Å². The Morgan fingerprint density at radius 3 is 2.56 bits per heavy atom. The van der Waals surface area contributed by atoms with Crippen LogP contribution in [0, 0.1) is 6.92 Å². The molecule has 10 nitrogen and oxygen atoms in total. The van der Waals surface area contributed by atoms with Crippen molar-refractivity contribution in [3.63, 3.8) is 0 Å². The number of nitrogens with one attached hydrogen (secondary N) is 2. The second-order valence-electron chi connectivity index (χ2n) is 6.97. The van der Waals surface area contributed by atoms with Gasteiger partial charge in [0, 0.05) is 12.3 Å². The van der Waals surface area contributed by atoms with Gasteiger partial charge in [0.1, 0.15) is 29.3 Å². The van der Waals surface area contributed by atoms with E-state index in [1.165, 1.54) is 50.5 Å². The number of methoxy groups -OCH3 is 2. The molecule has 0 unspecified atom stereocenters. The summed E-state index contributed by atoms with van der Waals surface area (Å²) in [5, 5.41) is 10.0. The van der Waals surface area contributed by atoms with E-state index in [2.05, 4.69) is 20.5 Å². The van der Waals surface area contributed by atoms with Gasteiger partial charge in [0.15, 0.2) is 5.16 Å². The number of H-pyrrole nitrogens is 1. The fourth-order valence-corrected chi connectivity index (χ4v) is 5.56. The van der Waals surface area contributed by atoms with Gasteiger partial charge in [0.25, 0.3) is 10.0 Å². The van der Waals surface area contributed by atoms with E-state index in [9.17, 15) is 13.2 Å². The van der Waals surface area contributed by atoms with E-state index in [1.54, 1.807) is 25.1 Å². The molecular weight excluding hydrogens is 502 g/mol. The van der Waals surface area contributed by atoms with Gasteiger partial charge >= 0.3 is 0 Å². The van der Waals surface area contributed by atoms with Crippen molar-refractivity contribution in [1.82, 2.24) is 20.5 Å². The fourth-order valence-electron chi connectivity index (χ4n) is 3.02. The molecule has 182 valence electrons. The number of amides is 1. The van der Waals surface area contributed by atoms with Crippen LogP contribution in [0.1, 0.15) is 5.56 Å². The van der Waals surface area contributed by atoms with Gasteiger partial charge in [-0.15, -0.1) is 0 Å². The molecule has 3 aromatic rings. The smallest absolute Gasteiger partial charge is 0.268 e. The molecule has 0 saturated heterocycles. The number of carbonyl (C=O) groups is 1. The number of anilines is 1. The van der Waals surface area contributed by atoms with Crippen LogP contribution in [0.3, 0.4) is 0 Å². The summed E-state index contributed by atoms with van der Waals surface area (Å²) >= 11 is 7.63. The number of benzene rings is 2. The van der Waals surface area contributed by atoms with Crippen LogP contribution < -0.4 is 19.1 Å². The first-order valence-corrected chi connectivity index (χ1v) is 12.8. The number of aromatic amines is 1. The lowest BCUT2D eigenvalue weighted by Gasteiger charge is -2.25. The van der Waals surface area contributed by atoms with E-state index in [4.69, 9.17) is 21.1 Å². The molecule has 0 aliphatic heterocycles. The van der Waals surface area contributed by atoms with Gasteiger partial charge in [-0.1, -0.05) is 29.4 Å². The van der Waals surface area contributed by atoms with Crippen molar-refractivity contribution in [3.8, 4) is 11.5 Å². The highest BCUT2D eigenvalue weighted by Crippen LogP contribution is 2.34. The zero-order chi connectivity index (χ0) is 24.7. The number of sulfonamides is 1. The van der Waals surface area contributed by atoms with Crippen LogP contribution in [0.25, 0.3) is 0 Å². The van der Waals surface area contributed by atoms with Crippen LogP contribution in [-0.4, -0.2) is 62.6 Å². The summed E-state index contributed by atoms with van der Waals surface area (Å²) in [4.78, 5) is 16.7. The van der Waals surface area contributed by atoms with Gasteiger partial charge in [-0.2, -0.15) is 5.10 Å². The molecule has 1 heterocycles. The van der Waals surface area contributed by atoms with Gasteiger partial charge < -0.3 is 14.8 Å². The molecule has 0 radical (unpaired) electrons. The highest BCUT2D eigenvalue weighted by atomic mass is 35.5. The van der Waals surface area contributed by atoms with Crippen LogP contribution >= 0.6 is 23.4 Å². The van der Waals surface area contributed by atoms with Crippen LogP contribution in [0.15, 0.2) is 52.8 Å². The Kier molecular flexibility index (Phi) is 8.64. The standard InChI is InChI=1S/C21H24ClN5O5S2/c1-14-4-6-18(32-3)19(10-14)34(29,30)27(15-5-7-17(31-2)16(22)11-15)12-20(28)23-8-9-33-21-24-13-25-26-21/h4-7,10-11,13H,8-9,12H2,1-3H3,(H,23,28)(H,24,25,26). The van der Waals surface area contributed by atoms with E-state index >= 15 is 0 Å². The number of carbonyl (C=O) groups excluding carboxylic acids is 1. The molecule has 0 bridgehead atoms. The predicted molar refractivity (Wildman–Crippen MR) is 130 cm³/mol. The minimum absolute atomic E-state index is 0.0596. The number of hydrogen-bond acceptors (Lipinski definition) is 8. The summed E-state index contributed by atoms with van der Waals surface area (Å²) < 4.78 is 38.9. The molecule has 3 rings (SSSR count). The van der Waals surface area contributed by atoms with Crippen molar-refractivity contribution in [3.05, 3.63) is 53.3 Å². The first-order valence-electron chi connectivity index (χ1n) is 10.0. The van der Waals surface area contributed by atoms with Crippen LogP contribution in [0.2, 0.25) is 5.02 Å². The Labute approximate surface area is 207 Å². The third-order valence-corrected chi connectivity index (χ3v) is 7.62. The van der Waals surface area contributed by atoms with E-state index < -0.39 is 22.5 Å². The molecular formula is C21H24ClN5O5S2. The van der Waals surface area contributed by atoms with Crippen molar-refractivity contribution in [2.24, 2.45) is 0 Å². The number of nitrogens with zero attached hydrogens (tertiary/aromatic N) is 3. The Balaban J connectivity index is 1.87. The minimum atomic E-state index is -4.20. The Morgan fingerprint density at radius 1 is 1.18 bits per heavy atom. The van der Waals surface area contributed by atoms with E-state index in [0.717, 1.165) is 9.87 Å². The highest BCUT2D eigenvalue weighted by Gasteiger charge is 2.30. The summed E-state index contributed by atoms with van der Waals surface area (Å²) in [7, 11) is -1.36. The maximum Gasteiger partial charge on any atom is 0.268 e. The lowest BCUT2D eigenvalue weighted by Crippen LogP contribution is -2.41. The third kappa shape index (κ3) is 6.13. The quantitative estimate of drug-likeness (QED) is 0.289. The topological polar surface area (TPSA) is 127 Å². The van der Waals surface area contributed by atoms with Crippen LogP contribution in [-0.2, 0) is 14.8 Å². The number of thioether (sulfide) groups is 1. The number of aryl methyl sites for hydroxylation is 1. The second kappa shape index (κ2) is 11.4. The lowest BCUT2D eigenvalue weighted by molar-refractivity contribution is -0.119. The Bertz CT molecular complexity index is 1240. The van der Waals surface area contributed by atoms with Crippen molar-refractivity contribution in [2.45, 2.75) is 17.0 Å². The van der Waals surface area contributed by atoms with Gasteiger partial charge in [-0.3, -0.25) is 14.2 Å². The van der Waals surface area contributed by atoms with Crippen molar-refractivity contribution in [2.75, 3.05) is 37.4 Å². The van der Waals surface area contributed by atoms with E-state index in [-0.39, 0.29) is 21.4 Å². The molecule has 0 aliphatic carbocycles. The molecule has 13 heteroatoms. The van der Waals surface area contributed by atoms with Gasteiger partial charge in [0.2, 0.25) is 5.91 Å². The summed E-state index contributed by atoms with van der Waals surface area (Å²) in [5.74, 6) is 0.581. The average molecular weight is 526 g/mol. The number of ether oxygens (including phenoxy) is 2. The molecule has 2 N–H and O–H groups in total. The summed E-state index contributed by atoms with van der Waals surface area (Å²) in [5.41, 5.74) is 0.932. The normalized spacial score (nSPS) is 11.2. The van der Waals surface area contributed by atoms with E-state index in [0.29, 0.717) is 23.2 Å². The molecule has 34 heavy (non-hydrogen) atoms. The lowest BCUT2D eigenvalue weighted by atomic mass is 10.2. The fraction of sp³-hybridized carbons (Fsp3) is 0.286. The molecule has 0 spiro atoms. The molecule has 1 aromatic heterocycles.